The number of anilines is 1. The maximum atomic E-state index is 11.9. The summed E-state index contributed by atoms with van der Waals surface area (Å²) in [6.45, 7) is 9.41. The molecule has 0 aromatic heterocycles. The SMILES string of the molecule is CCOc1ccc2c(c1)C(C)=CC(C)(C)N2[C@@H]1O[C@H](CO)[C@@H](O)[C@H](O)[C@@H]1NC(C)=O. The van der Waals surface area contributed by atoms with Gasteiger partial charge in [-0.1, -0.05) is 6.08 Å². The fourth-order valence-corrected chi connectivity index (χ4v) is 4.46. The van der Waals surface area contributed by atoms with Gasteiger partial charge in [0.15, 0.2) is 6.23 Å². The highest BCUT2D eigenvalue weighted by molar-refractivity contribution is 5.82. The zero-order valence-electron chi connectivity index (χ0n) is 18.1. The van der Waals surface area contributed by atoms with Crippen molar-refractivity contribution < 1.29 is 29.6 Å². The largest absolute Gasteiger partial charge is 0.494 e. The van der Waals surface area contributed by atoms with E-state index in [-0.39, 0.29) is 5.91 Å². The number of carbonyl (C=O) groups is 1. The van der Waals surface area contributed by atoms with Gasteiger partial charge in [0.05, 0.1) is 18.8 Å². The molecule has 2 heterocycles. The van der Waals surface area contributed by atoms with Crippen molar-refractivity contribution in [2.45, 2.75) is 70.7 Å². The minimum absolute atomic E-state index is 0.351. The van der Waals surface area contributed by atoms with Crippen LogP contribution >= 0.6 is 0 Å². The highest BCUT2D eigenvalue weighted by Gasteiger charge is 2.50. The molecule has 0 bridgehead atoms. The molecule has 166 valence electrons. The van der Waals surface area contributed by atoms with Crippen molar-refractivity contribution in [2.24, 2.45) is 0 Å². The third-order valence-corrected chi connectivity index (χ3v) is 5.68. The van der Waals surface area contributed by atoms with Crippen molar-refractivity contribution in [1.29, 1.82) is 0 Å². The summed E-state index contributed by atoms with van der Waals surface area (Å²) in [4.78, 5) is 13.8. The van der Waals surface area contributed by atoms with Gasteiger partial charge in [-0.05, 0) is 51.5 Å². The van der Waals surface area contributed by atoms with Crippen molar-refractivity contribution in [3.05, 3.63) is 29.8 Å². The summed E-state index contributed by atoms with van der Waals surface area (Å²) in [5.74, 6) is 0.395. The Morgan fingerprint density at radius 2 is 2.00 bits per heavy atom. The second-order valence-electron chi connectivity index (χ2n) is 8.42. The molecule has 1 saturated heterocycles. The van der Waals surface area contributed by atoms with Gasteiger partial charge in [-0.2, -0.15) is 0 Å². The number of hydrogen-bond donors (Lipinski definition) is 4. The average molecular weight is 421 g/mol. The second-order valence-corrected chi connectivity index (χ2v) is 8.42. The summed E-state index contributed by atoms with van der Waals surface area (Å²) in [6.07, 6.45) is -2.35. The van der Waals surface area contributed by atoms with Gasteiger partial charge in [0.2, 0.25) is 5.91 Å². The lowest BCUT2D eigenvalue weighted by molar-refractivity contribution is -0.197. The number of rotatable bonds is 5. The molecule has 8 nitrogen and oxygen atoms in total. The average Bonchev–Trinajstić information content (AvgIpc) is 2.67. The molecule has 0 unspecified atom stereocenters. The molecule has 0 spiro atoms. The van der Waals surface area contributed by atoms with Gasteiger partial charge >= 0.3 is 0 Å². The number of ether oxygens (including phenoxy) is 2. The molecule has 8 heteroatoms. The maximum Gasteiger partial charge on any atom is 0.217 e. The zero-order valence-corrected chi connectivity index (χ0v) is 18.1. The first kappa shape index (κ1) is 22.6. The Morgan fingerprint density at radius 1 is 1.30 bits per heavy atom. The van der Waals surface area contributed by atoms with Crippen LogP contribution in [0.1, 0.15) is 40.2 Å². The van der Waals surface area contributed by atoms with Crippen molar-refractivity contribution >= 4 is 17.2 Å². The van der Waals surface area contributed by atoms with Crippen LogP contribution in [-0.4, -0.2) is 70.6 Å². The minimum atomic E-state index is -1.33. The fraction of sp³-hybridized carbons (Fsp3) is 0.591. The van der Waals surface area contributed by atoms with Gasteiger partial charge in [-0.25, -0.2) is 0 Å². The summed E-state index contributed by atoms with van der Waals surface area (Å²) >= 11 is 0. The van der Waals surface area contributed by atoms with Crippen molar-refractivity contribution in [2.75, 3.05) is 18.1 Å². The van der Waals surface area contributed by atoms with Crippen LogP contribution in [0.25, 0.3) is 5.57 Å². The topological polar surface area (TPSA) is 111 Å². The Bertz CT molecular complexity index is 824. The Hall–Kier alpha value is -2.13. The van der Waals surface area contributed by atoms with Crippen LogP contribution in [-0.2, 0) is 9.53 Å². The van der Waals surface area contributed by atoms with E-state index in [9.17, 15) is 20.1 Å². The lowest BCUT2D eigenvalue weighted by Crippen LogP contribution is -2.70. The van der Waals surface area contributed by atoms with E-state index in [1.165, 1.54) is 6.92 Å². The number of fused-ring (bicyclic) bond motifs is 1. The van der Waals surface area contributed by atoms with Gasteiger partial charge in [0, 0.05) is 18.2 Å². The number of nitrogens with zero attached hydrogens (tertiary/aromatic N) is 1. The molecule has 30 heavy (non-hydrogen) atoms. The molecule has 5 atom stereocenters. The highest BCUT2D eigenvalue weighted by atomic mass is 16.5. The van der Waals surface area contributed by atoms with E-state index >= 15 is 0 Å². The van der Waals surface area contributed by atoms with Crippen LogP contribution < -0.4 is 15.0 Å². The van der Waals surface area contributed by atoms with E-state index in [1.807, 2.05) is 50.8 Å². The van der Waals surface area contributed by atoms with Crippen molar-refractivity contribution in [1.82, 2.24) is 5.32 Å². The van der Waals surface area contributed by atoms with E-state index in [0.717, 1.165) is 22.6 Å². The molecule has 0 radical (unpaired) electrons. The molecular weight excluding hydrogens is 388 g/mol. The second kappa shape index (κ2) is 8.55. The summed E-state index contributed by atoms with van der Waals surface area (Å²) < 4.78 is 11.7. The number of aliphatic hydroxyl groups excluding tert-OH is 3. The van der Waals surface area contributed by atoms with Gasteiger partial charge in [0.1, 0.15) is 30.1 Å². The minimum Gasteiger partial charge on any atom is -0.494 e. The number of aliphatic hydroxyl groups is 3. The molecule has 1 aromatic carbocycles. The Labute approximate surface area is 177 Å². The third kappa shape index (κ3) is 4.05. The molecule has 2 aliphatic rings. The lowest BCUT2D eigenvalue weighted by atomic mass is 9.85. The van der Waals surface area contributed by atoms with Gasteiger partial charge in [-0.3, -0.25) is 4.79 Å². The molecule has 0 aliphatic carbocycles. The predicted octanol–water partition coefficient (Wildman–Crippen LogP) is 1.03. The van der Waals surface area contributed by atoms with Crippen molar-refractivity contribution in [3.63, 3.8) is 0 Å². The summed E-state index contributed by atoms with van der Waals surface area (Å²) in [6, 6.07) is 4.86. The molecule has 1 amide bonds. The van der Waals surface area contributed by atoms with E-state index in [0.29, 0.717) is 6.61 Å². The normalized spacial score (nSPS) is 30.3. The van der Waals surface area contributed by atoms with E-state index < -0.39 is 42.7 Å². The molecule has 3 rings (SSSR count). The van der Waals surface area contributed by atoms with Gasteiger partial charge in [-0.15, -0.1) is 0 Å². The first-order valence-corrected chi connectivity index (χ1v) is 10.3. The first-order valence-electron chi connectivity index (χ1n) is 10.3. The number of amides is 1. The van der Waals surface area contributed by atoms with Crippen LogP contribution in [0.4, 0.5) is 5.69 Å². The van der Waals surface area contributed by atoms with Crippen LogP contribution in [0.3, 0.4) is 0 Å². The number of hydrogen-bond acceptors (Lipinski definition) is 7. The number of benzene rings is 1. The van der Waals surface area contributed by atoms with E-state index in [2.05, 4.69) is 11.4 Å². The monoisotopic (exact) mass is 420 g/mol. The number of nitrogens with one attached hydrogen (secondary N) is 1. The molecule has 4 N–H and O–H groups in total. The summed E-state index contributed by atoms with van der Waals surface area (Å²) in [7, 11) is 0. The van der Waals surface area contributed by atoms with E-state index in [4.69, 9.17) is 9.47 Å². The number of allylic oxidation sites excluding steroid dienone is 1. The molecule has 2 aliphatic heterocycles. The van der Waals surface area contributed by atoms with Crippen LogP contribution in [0.15, 0.2) is 24.3 Å². The Kier molecular flexibility index (Phi) is 6.43. The molecule has 0 saturated carbocycles. The molecular formula is C22H32N2O6. The smallest absolute Gasteiger partial charge is 0.217 e. The number of carbonyl (C=O) groups excluding carboxylic acids is 1. The van der Waals surface area contributed by atoms with E-state index in [1.54, 1.807) is 0 Å². The van der Waals surface area contributed by atoms with Gasteiger partial charge in [0.25, 0.3) is 0 Å². The summed E-state index contributed by atoms with van der Waals surface area (Å²) in [5.41, 5.74) is 2.34. The molecule has 1 aromatic rings. The standard InChI is InChI=1S/C22H32N2O6/c1-6-29-14-7-8-16-15(9-14)12(2)10-22(4,5)24(16)21-18(23-13(3)26)20(28)19(27)17(11-25)30-21/h7-10,17-21,25,27-28H,6,11H2,1-5H3,(H,23,26)/t17-,18+,19-,20-,21-/m1/s1. The lowest BCUT2D eigenvalue weighted by Gasteiger charge is -2.53. The van der Waals surface area contributed by atoms with Crippen LogP contribution in [0.2, 0.25) is 0 Å². The predicted molar refractivity (Wildman–Crippen MR) is 113 cm³/mol. The van der Waals surface area contributed by atoms with Crippen molar-refractivity contribution in [3.8, 4) is 5.75 Å². The Balaban J connectivity index is 2.11. The maximum absolute atomic E-state index is 11.9. The van der Waals surface area contributed by atoms with Crippen LogP contribution in [0, 0.1) is 0 Å². The third-order valence-electron chi connectivity index (χ3n) is 5.68. The highest BCUT2D eigenvalue weighted by Crippen LogP contribution is 2.43. The quantitative estimate of drug-likeness (QED) is 0.563. The van der Waals surface area contributed by atoms with Gasteiger partial charge < -0.3 is 35.0 Å². The first-order chi connectivity index (χ1) is 14.1. The Morgan fingerprint density at radius 3 is 2.60 bits per heavy atom. The molecule has 1 fully saturated rings. The van der Waals surface area contributed by atoms with Crippen LogP contribution in [0.5, 0.6) is 5.75 Å². The fourth-order valence-electron chi connectivity index (χ4n) is 4.46. The zero-order chi connectivity index (χ0) is 22.2. The summed E-state index contributed by atoms with van der Waals surface area (Å²) in [5, 5.41) is 33.5.